The average Bonchev–Trinajstić information content (AvgIpc) is 2.56. The van der Waals surface area contributed by atoms with Gasteiger partial charge in [0, 0.05) is 0 Å². The topological polar surface area (TPSA) is 59.3 Å². The summed E-state index contributed by atoms with van der Waals surface area (Å²) in [7, 11) is 0. The molecule has 12 heavy (non-hydrogen) atoms. The molecule has 0 aliphatic carbocycles. The average molecular weight is 188 g/mol. The second-order valence-electron chi connectivity index (χ2n) is 1.99. The molecule has 0 aliphatic heterocycles. The number of alkyl halides is 1. The van der Waals surface area contributed by atoms with Gasteiger partial charge in [0.2, 0.25) is 5.91 Å². The number of halogens is 1. The Labute approximate surface area is 73.5 Å². The zero-order valence-electron chi connectivity index (χ0n) is 6.04. The predicted molar refractivity (Wildman–Crippen MR) is 41.9 cm³/mol. The molecular weight excluding hydrogens is 182 g/mol. The zero-order chi connectivity index (χ0) is 8.97. The largest absolute Gasteiger partial charge is 0.459 e. The third-order valence-electron chi connectivity index (χ3n) is 1.12. The minimum atomic E-state index is -0.578. The van der Waals surface area contributed by atoms with E-state index in [9.17, 15) is 9.59 Å². The molecule has 0 fully saturated rings. The first-order valence-corrected chi connectivity index (χ1v) is 3.71. The van der Waals surface area contributed by atoms with E-state index >= 15 is 0 Å². The highest BCUT2D eigenvalue weighted by Gasteiger charge is 2.10. The van der Waals surface area contributed by atoms with E-state index in [4.69, 9.17) is 16.0 Å². The highest BCUT2D eigenvalue weighted by molar-refractivity contribution is 6.28. The van der Waals surface area contributed by atoms with Crippen LogP contribution in [0.2, 0.25) is 0 Å². The summed E-state index contributed by atoms with van der Waals surface area (Å²) < 4.78 is 4.73. The molecule has 0 saturated carbocycles. The van der Waals surface area contributed by atoms with Crippen LogP contribution in [-0.2, 0) is 4.79 Å². The second-order valence-corrected chi connectivity index (χ2v) is 2.26. The van der Waals surface area contributed by atoms with Gasteiger partial charge in [0.05, 0.1) is 6.26 Å². The maximum Gasteiger partial charge on any atom is 0.293 e. The molecular formula is C7H6ClNO3. The van der Waals surface area contributed by atoms with Gasteiger partial charge >= 0.3 is 0 Å². The van der Waals surface area contributed by atoms with Crippen molar-refractivity contribution in [1.29, 1.82) is 0 Å². The monoisotopic (exact) mass is 187 g/mol. The third-order valence-corrected chi connectivity index (χ3v) is 1.36. The highest BCUT2D eigenvalue weighted by Crippen LogP contribution is 1.98. The number of imide groups is 1. The van der Waals surface area contributed by atoms with E-state index in [-0.39, 0.29) is 11.6 Å². The Kier molecular flexibility index (Phi) is 2.88. The lowest BCUT2D eigenvalue weighted by Gasteiger charge is -1.96. The molecule has 0 bridgehead atoms. The first-order chi connectivity index (χ1) is 5.74. The Bertz CT molecular complexity index is 281. The molecule has 1 heterocycles. The number of rotatable bonds is 2. The van der Waals surface area contributed by atoms with Crippen LogP contribution in [0.3, 0.4) is 0 Å². The van der Waals surface area contributed by atoms with Gasteiger partial charge in [-0.3, -0.25) is 14.9 Å². The Morgan fingerprint density at radius 3 is 2.83 bits per heavy atom. The van der Waals surface area contributed by atoms with Crippen molar-refractivity contribution in [2.24, 2.45) is 0 Å². The van der Waals surface area contributed by atoms with Crippen LogP contribution in [0.25, 0.3) is 0 Å². The van der Waals surface area contributed by atoms with E-state index in [1.807, 2.05) is 5.32 Å². The van der Waals surface area contributed by atoms with Gasteiger partial charge in [0.25, 0.3) is 5.91 Å². The van der Waals surface area contributed by atoms with Crippen molar-refractivity contribution in [3.05, 3.63) is 24.2 Å². The van der Waals surface area contributed by atoms with Crippen LogP contribution >= 0.6 is 11.6 Å². The molecule has 1 aromatic heterocycles. The summed E-state index contributed by atoms with van der Waals surface area (Å²) in [6.07, 6.45) is 1.35. The van der Waals surface area contributed by atoms with Crippen molar-refractivity contribution in [2.75, 3.05) is 5.88 Å². The Morgan fingerprint density at radius 1 is 1.58 bits per heavy atom. The minimum absolute atomic E-state index is 0.0912. The molecule has 1 N–H and O–H groups in total. The van der Waals surface area contributed by atoms with Crippen molar-refractivity contribution in [1.82, 2.24) is 5.32 Å². The fourth-order valence-electron chi connectivity index (χ4n) is 0.629. The second kappa shape index (κ2) is 3.92. The molecule has 0 atom stereocenters. The lowest BCUT2D eigenvalue weighted by Crippen LogP contribution is -2.30. The van der Waals surface area contributed by atoms with Crippen LogP contribution in [-0.4, -0.2) is 17.7 Å². The van der Waals surface area contributed by atoms with Gasteiger partial charge in [0.1, 0.15) is 5.88 Å². The highest BCUT2D eigenvalue weighted by atomic mass is 35.5. The molecule has 0 spiro atoms. The number of hydrogen-bond acceptors (Lipinski definition) is 3. The molecule has 0 saturated heterocycles. The van der Waals surface area contributed by atoms with Crippen molar-refractivity contribution in [2.45, 2.75) is 0 Å². The summed E-state index contributed by atoms with van der Waals surface area (Å²) >= 11 is 5.16. The molecule has 4 nitrogen and oxygen atoms in total. The number of nitrogens with one attached hydrogen (secondary N) is 1. The van der Waals surface area contributed by atoms with Gasteiger partial charge in [-0.1, -0.05) is 0 Å². The van der Waals surface area contributed by atoms with Gasteiger partial charge < -0.3 is 4.42 Å². The summed E-state index contributed by atoms with van der Waals surface area (Å²) in [5, 5.41) is 2.03. The van der Waals surface area contributed by atoms with E-state index in [1.54, 1.807) is 6.07 Å². The van der Waals surface area contributed by atoms with Crippen molar-refractivity contribution < 1.29 is 14.0 Å². The van der Waals surface area contributed by atoms with Crippen LogP contribution in [0, 0.1) is 0 Å². The maximum absolute atomic E-state index is 11.0. The molecule has 2 amide bonds. The summed E-state index contributed by atoms with van der Waals surface area (Å²) in [5.41, 5.74) is 0. The summed E-state index contributed by atoms with van der Waals surface area (Å²) in [4.78, 5) is 21.6. The summed E-state index contributed by atoms with van der Waals surface area (Å²) in [6, 6.07) is 3.01. The number of hydrogen-bond donors (Lipinski definition) is 1. The van der Waals surface area contributed by atoms with E-state index in [1.165, 1.54) is 12.3 Å². The van der Waals surface area contributed by atoms with Crippen LogP contribution in [0.5, 0.6) is 0 Å². The normalized spacial score (nSPS) is 9.42. The van der Waals surface area contributed by atoms with E-state index in [2.05, 4.69) is 0 Å². The summed E-state index contributed by atoms with van der Waals surface area (Å²) in [6.45, 7) is 0. The molecule has 0 radical (unpaired) electrons. The van der Waals surface area contributed by atoms with Gasteiger partial charge in [-0.05, 0) is 12.1 Å². The molecule has 0 aromatic carbocycles. The third kappa shape index (κ3) is 2.10. The number of amides is 2. The number of carbonyl (C=O) groups excluding carboxylic acids is 2. The smallest absolute Gasteiger partial charge is 0.293 e. The molecule has 5 heteroatoms. The maximum atomic E-state index is 11.0. The SMILES string of the molecule is O=C(CCl)NC(=O)c1ccco1. The zero-order valence-corrected chi connectivity index (χ0v) is 6.80. The van der Waals surface area contributed by atoms with E-state index in [0.717, 1.165) is 0 Å². The molecule has 0 aliphatic rings. The Morgan fingerprint density at radius 2 is 2.33 bits per heavy atom. The van der Waals surface area contributed by atoms with Crippen LogP contribution in [0.15, 0.2) is 22.8 Å². The number of furan rings is 1. The van der Waals surface area contributed by atoms with Gasteiger partial charge in [-0.2, -0.15) is 0 Å². The van der Waals surface area contributed by atoms with Crippen LogP contribution in [0.1, 0.15) is 10.6 Å². The quantitative estimate of drug-likeness (QED) is 0.696. The van der Waals surface area contributed by atoms with Crippen molar-refractivity contribution in [3.8, 4) is 0 Å². The lowest BCUT2D eigenvalue weighted by molar-refractivity contribution is -0.117. The standard InChI is InChI=1S/C7H6ClNO3/c8-4-6(10)9-7(11)5-2-1-3-12-5/h1-3H,4H2,(H,9,10,11). The molecule has 1 aromatic rings. The van der Waals surface area contributed by atoms with Crippen LogP contribution in [0.4, 0.5) is 0 Å². The Balaban J connectivity index is 2.56. The van der Waals surface area contributed by atoms with Crippen LogP contribution < -0.4 is 5.32 Å². The van der Waals surface area contributed by atoms with E-state index in [0.29, 0.717) is 0 Å². The molecule has 1 rings (SSSR count). The van der Waals surface area contributed by atoms with Gasteiger partial charge in [0.15, 0.2) is 5.76 Å². The Hall–Kier alpha value is -1.29. The minimum Gasteiger partial charge on any atom is -0.459 e. The summed E-state index contributed by atoms with van der Waals surface area (Å²) in [5.74, 6) is -1.27. The molecule has 64 valence electrons. The first-order valence-electron chi connectivity index (χ1n) is 3.17. The van der Waals surface area contributed by atoms with Gasteiger partial charge in [-0.25, -0.2) is 0 Å². The fourth-order valence-corrected chi connectivity index (χ4v) is 0.696. The first kappa shape index (κ1) is 8.80. The number of carbonyl (C=O) groups is 2. The lowest BCUT2D eigenvalue weighted by atomic mass is 10.4. The van der Waals surface area contributed by atoms with Crippen molar-refractivity contribution in [3.63, 3.8) is 0 Å². The predicted octanol–water partition coefficient (Wildman–Crippen LogP) is 0.775. The van der Waals surface area contributed by atoms with Crippen molar-refractivity contribution >= 4 is 23.4 Å². The van der Waals surface area contributed by atoms with E-state index < -0.39 is 11.8 Å². The fraction of sp³-hybridized carbons (Fsp3) is 0.143. The van der Waals surface area contributed by atoms with Gasteiger partial charge in [-0.15, -0.1) is 11.6 Å². The molecule has 0 unspecified atom stereocenters.